The number of ether oxygens (including phenoxy) is 1. The molecule has 1 heterocycles. The predicted octanol–water partition coefficient (Wildman–Crippen LogP) is 1.73. The Labute approximate surface area is 80.5 Å². The van der Waals surface area contributed by atoms with Gasteiger partial charge in [0.05, 0.1) is 19.3 Å². The Balaban J connectivity index is 2.27. The first-order chi connectivity index (χ1) is 6.22. The van der Waals surface area contributed by atoms with Crippen molar-refractivity contribution in [1.82, 2.24) is 0 Å². The van der Waals surface area contributed by atoms with Gasteiger partial charge in [0.15, 0.2) is 5.12 Å². The molecule has 0 unspecified atom stereocenters. The van der Waals surface area contributed by atoms with Gasteiger partial charge in [-0.05, 0) is 12.0 Å². The minimum Gasteiger partial charge on any atom is -0.377 e. The molecule has 1 rings (SSSR count). The molecule has 0 radical (unpaired) electrons. The van der Waals surface area contributed by atoms with E-state index in [1.807, 2.05) is 0 Å². The lowest BCUT2D eigenvalue weighted by Crippen LogP contribution is -2.09. The number of thioether (sulfide) groups is 1. The van der Waals surface area contributed by atoms with Gasteiger partial charge in [-0.15, -0.1) is 0 Å². The van der Waals surface area contributed by atoms with Crippen molar-refractivity contribution in [2.75, 3.05) is 13.2 Å². The molecule has 1 aliphatic rings. The summed E-state index contributed by atoms with van der Waals surface area (Å²) in [6.07, 6.45) is 0.788. The first-order valence-corrected chi connectivity index (χ1v) is 4.90. The van der Waals surface area contributed by atoms with Gasteiger partial charge in [-0.2, -0.15) is 0 Å². The second-order valence-electron chi connectivity index (χ2n) is 2.84. The first-order valence-electron chi connectivity index (χ1n) is 4.02. The molecule has 1 fully saturated rings. The summed E-state index contributed by atoms with van der Waals surface area (Å²) in [7, 11) is 0. The number of nitrogens with zero attached hydrogens (tertiary/aromatic N) is 3. The SMILES string of the molecule is CC(=O)S[C@H]1CO[C@H](CN=[N+]=[N-])C1. The highest BCUT2D eigenvalue weighted by Gasteiger charge is 2.26. The van der Waals surface area contributed by atoms with E-state index in [1.165, 1.54) is 11.8 Å². The number of carbonyl (C=O) groups is 1. The average Bonchev–Trinajstić information content (AvgIpc) is 2.48. The maximum atomic E-state index is 10.7. The standard InChI is InChI=1S/C7H11N3O2S/c1-5(11)13-7-2-6(12-4-7)3-9-10-8/h6-7H,2-4H2,1H3/t6-,7+/m0/s1. The zero-order chi connectivity index (χ0) is 9.68. The van der Waals surface area contributed by atoms with Crippen LogP contribution in [-0.2, 0) is 9.53 Å². The quantitative estimate of drug-likeness (QED) is 0.396. The summed E-state index contributed by atoms with van der Waals surface area (Å²) in [6.45, 7) is 2.49. The Morgan fingerprint density at radius 1 is 1.85 bits per heavy atom. The summed E-state index contributed by atoms with van der Waals surface area (Å²) in [5.74, 6) is 0. The number of hydrogen-bond acceptors (Lipinski definition) is 4. The van der Waals surface area contributed by atoms with E-state index in [9.17, 15) is 4.79 Å². The molecular formula is C7H11N3O2S. The average molecular weight is 201 g/mol. The Morgan fingerprint density at radius 2 is 2.62 bits per heavy atom. The van der Waals surface area contributed by atoms with Gasteiger partial charge in [0.2, 0.25) is 0 Å². The van der Waals surface area contributed by atoms with Crippen LogP contribution in [0.25, 0.3) is 10.4 Å². The molecule has 0 aromatic carbocycles. The van der Waals surface area contributed by atoms with Crippen molar-refractivity contribution in [2.24, 2.45) is 5.11 Å². The maximum absolute atomic E-state index is 10.7. The van der Waals surface area contributed by atoms with E-state index in [2.05, 4.69) is 10.0 Å². The van der Waals surface area contributed by atoms with Gasteiger partial charge in [-0.3, -0.25) is 4.79 Å². The monoisotopic (exact) mass is 201 g/mol. The highest BCUT2D eigenvalue weighted by molar-refractivity contribution is 8.14. The summed E-state index contributed by atoms with van der Waals surface area (Å²) < 4.78 is 5.33. The van der Waals surface area contributed by atoms with Crippen molar-refractivity contribution < 1.29 is 9.53 Å². The third-order valence-corrected chi connectivity index (χ3v) is 2.72. The molecule has 0 amide bonds. The summed E-state index contributed by atoms with van der Waals surface area (Å²) in [5.41, 5.74) is 8.08. The van der Waals surface area contributed by atoms with E-state index in [0.29, 0.717) is 13.2 Å². The van der Waals surface area contributed by atoms with Gasteiger partial charge in [-0.1, -0.05) is 16.9 Å². The van der Waals surface area contributed by atoms with Crippen molar-refractivity contribution >= 4 is 16.9 Å². The molecule has 0 aromatic rings. The lowest BCUT2D eigenvalue weighted by atomic mass is 10.2. The molecule has 6 heteroatoms. The Bertz CT molecular complexity index is 230. The zero-order valence-corrected chi connectivity index (χ0v) is 8.16. The molecule has 13 heavy (non-hydrogen) atoms. The summed E-state index contributed by atoms with van der Waals surface area (Å²) >= 11 is 1.30. The molecule has 2 atom stereocenters. The Kier molecular flexibility index (Phi) is 4.08. The zero-order valence-electron chi connectivity index (χ0n) is 7.34. The molecule has 0 N–H and O–H groups in total. The van der Waals surface area contributed by atoms with Crippen LogP contribution in [0.15, 0.2) is 5.11 Å². The van der Waals surface area contributed by atoms with Crippen LogP contribution >= 0.6 is 11.8 Å². The van der Waals surface area contributed by atoms with Gasteiger partial charge >= 0.3 is 0 Å². The summed E-state index contributed by atoms with van der Waals surface area (Å²) in [4.78, 5) is 13.4. The first kappa shape index (κ1) is 10.4. The molecule has 0 spiro atoms. The second-order valence-corrected chi connectivity index (χ2v) is 4.31. The van der Waals surface area contributed by atoms with Gasteiger partial charge in [-0.25, -0.2) is 0 Å². The van der Waals surface area contributed by atoms with Crippen LogP contribution in [0, 0.1) is 0 Å². The number of azide groups is 1. The number of hydrogen-bond donors (Lipinski definition) is 0. The van der Waals surface area contributed by atoms with Gasteiger partial charge in [0.1, 0.15) is 0 Å². The minimum atomic E-state index is -0.00671. The van der Waals surface area contributed by atoms with Crippen molar-refractivity contribution in [3.8, 4) is 0 Å². The molecule has 0 aromatic heterocycles. The molecule has 0 aliphatic carbocycles. The fourth-order valence-electron chi connectivity index (χ4n) is 1.24. The predicted molar refractivity (Wildman–Crippen MR) is 50.4 cm³/mol. The minimum absolute atomic E-state index is 0.00671. The van der Waals surface area contributed by atoms with Gasteiger partial charge in [0, 0.05) is 17.1 Å². The molecule has 0 saturated carbocycles. The largest absolute Gasteiger partial charge is 0.377 e. The summed E-state index contributed by atoms with van der Waals surface area (Å²) in [5, 5.41) is 3.77. The van der Waals surface area contributed by atoms with Crippen LogP contribution in [0.2, 0.25) is 0 Å². The van der Waals surface area contributed by atoms with Crippen molar-refractivity contribution in [1.29, 1.82) is 0 Å². The normalized spacial score (nSPS) is 26.8. The smallest absolute Gasteiger partial charge is 0.186 e. The van der Waals surface area contributed by atoms with Crippen LogP contribution in [0.4, 0.5) is 0 Å². The number of carbonyl (C=O) groups excluding carboxylic acids is 1. The highest BCUT2D eigenvalue weighted by Crippen LogP contribution is 2.25. The molecule has 5 nitrogen and oxygen atoms in total. The fraction of sp³-hybridized carbons (Fsp3) is 0.857. The number of rotatable bonds is 3. The third kappa shape index (κ3) is 3.67. The molecule has 0 bridgehead atoms. The third-order valence-electron chi connectivity index (χ3n) is 1.72. The van der Waals surface area contributed by atoms with Crippen LogP contribution < -0.4 is 0 Å². The van der Waals surface area contributed by atoms with Crippen molar-refractivity contribution in [3.05, 3.63) is 10.4 Å². The van der Waals surface area contributed by atoms with Crippen LogP contribution in [0.3, 0.4) is 0 Å². The van der Waals surface area contributed by atoms with Crippen molar-refractivity contribution in [2.45, 2.75) is 24.7 Å². The van der Waals surface area contributed by atoms with Crippen LogP contribution in [0.5, 0.6) is 0 Å². The Morgan fingerprint density at radius 3 is 3.23 bits per heavy atom. The van der Waals surface area contributed by atoms with E-state index in [0.717, 1.165) is 6.42 Å². The van der Waals surface area contributed by atoms with E-state index in [-0.39, 0.29) is 16.5 Å². The van der Waals surface area contributed by atoms with Crippen LogP contribution in [-0.4, -0.2) is 29.6 Å². The van der Waals surface area contributed by atoms with Gasteiger partial charge in [0.25, 0.3) is 0 Å². The lowest BCUT2D eigenvalue weighted by molar-refractivity contribution is -0.109. The molecule has 1 saturated heterocycles. The summed E-state index contributed by atoms with van der Waals surface area (Å²) in [6, 6.07) is 0. The molecule has 1 aliphatic heterocycles. The fourth-order valence-corrected chi connectivity index (χ4v) is 2.17. The Hall–Kier alpha value is -0.710. The highest BCUT2D eigenvalue weighted by atomic mass is 32.2. The van der Waals surface area contributed by atoms with E-state index < -0.39 is 0 Å². The van der Waals surface area contributed by atoms with E-state index in [4.69, 9.17) is 10.3 Å². The second kappa shape index (κ2) is 5.11. The lowest BCUT2D eigenvalue weighted by Gasteiger charge is -2.03. The van der Waals surface area contributed by atoms with Crippen molar-refractivity contribution in [3.63, 3.8) is 0 Å². The van der Waals surface area contributed by atoms with Crippen LogP contribution in [0.1, 0.15) is 13.3 Å². The van der Waals surface area contributed by atoms with E-state index >= 15 is 0 Å². The molecular weight excluding hydrogens is 190 g/mol. The van der Waals surface area contributed by atoms with E-state index in [1.54, 1.807) is 6.92 Å². The topological polar surface area (TPSA) is 75.1 Å². The maximum Gasteiger partial charge on any atom is 0.186 e. The molecule has 72 valence electrons. The van der Waals surface area contributed by atoms with Gasteiger partial charge < -0.3 is 4.74 Å².